The zero-order valence-corrected chi connectivity index (χ0v) is 16.2. The number of allylic oxidation sites excluding steroid dienone is 2. The molecule has 4 heteroatoms. The summed E-state index contributed by atoms with van der Waals surface area (Å²) in [6, 6.07) is 16.6. The number of methoxy groups -OCH3 is 1. The fraction of sp³-hybridized carbons (Fsp3) is 0.250. The summed E-state index contributed by atoms with van der Waals surface area (Å²) in [5.41, 5.74) is 5.09. The molecule has 5 rings (SSSR count). The number of fused-ring (bicyclic) bond motifs is 3. The number of hydrogen-bond donors (Lipinski definition) is 1. The average molecular weight is 374 g/mol. The zero-order chi connectivity index (χ0) is 19.2. The number of nitrogens with one attached hydrogen (secondary N) is 1. The van der Waals surface area contributed by atoms with E-state index < -0.39 is 0 Å². The first-order chi connectivity index (χ1) is 13.8. The van der Waals surface area contributed by atoms with Crippen LogP contribution >= 0.6 is 0 Å². The second kappa shape index (κ2) is 8.81. The molecule has 0 spiro atoms. The lowest BCUT2D eigenvalue weighted by atomic mass is 9.89. The molecule has 2 aromatic carbocycles. The van der Waals surface area contributed by atoms with Gasteiger partial charge in [-0.25, -0.2) is 0 Å². The number of piperazine rings is 1. The SMILES string of the molecule is C1=COC2C=Cc3ccccc3C2=C1.COc1ccc(N2CCNCC2)cc1. The number of rotatable bonds is 2. The van der Waals surface area contributed by atoms with E-state index >= 15 is 0 Å². The van der Waals surface area contributed by atoms with Crippen molar-refractivity contribution in [1.29, 1.82) is 0 Å². The van der Waals surface area contributed by atoms with Gasteiger partial charge in [-0.1, -0.05) is 36.4 Å². The van der Waals surface area contributed by atoms with Gasteiger partial charge in [0.15, 0.2) is 0 Å². The molecule has 1 aliphatic carbocycles. The van der Waals surface area contributed by atoms with Gasteiger partial charge in [0.05, 0.1) is 13.4 Å². The standard InChI is InChI=1S/C13H10O.C11H16N2O/c1-2-5-11-10(4-1)7-8-13-12(11)6-3-9-14-13;1-14-11-4-2-10(3-5-11)13-8-6-12-7-9-13/h1-9,13H;2-5,12H,6-9H2,1H3. The van der Waals surface area contributed by atoms with Crippen LogP contribution in [0.5, 0.6) is 5.75 Å². The molecule has 4 nitrogen and oxygen atoms in total. The Morgan fingerprint density at radius 1 is 1.04 bits per heavy atom. The molecule has 0 radical (unpaired) electrons. The van der Waals surface area contributed by atoms with E-state index in [1.165, 1.54) is 22.4 Å². The molecule has 1 fully saturated rings. The van der Waals surface area contributed by atoms with Crippen LogP contribution in [0.2, 0.25) is 0 Å². The van der Waals surface area contributed by atoms with Crippen LogP contribution in [0.1, 0.15) is 11.1 Å². The van der Waals surface area contributed by atoms with E-state index in [1.807, 2.05) is 18.2 Å². The Kier molecular flexibility index (Phi) is 5.78. The minimum absolute atomic E-state index is 0.106. The predicted octanol–water partition coefficient (Wildman–Crippen LogP) is 4.11. The minimum Gasteiger partial charge on any atom is -0.497 e. The lowest BCUT2D eigenvalue weighted by Gasteiger charge is -2.29. The molecule has 28 heavy (non-hydrogen) atoms. The normalized spacial score (nSPS) is 19.4. The molecule has 1 unspecified atom stereocenters. The quantitative estimate of drug-likeness (QED) is 0.858. The Morgan fingerprint density at radius 3 is 2.61 bits per heavy atom. The van der Waals surface area contributed by atoms with Gasteiger partial charge in [0.25, 0.3) is 0 Å². The number of hydrogen-bond acceptors (Lipinski definition) is 4. The van der Waals surface area contributed by atoms with E-state index in [0.717, 1.165) is 31.9 Å². The molecule has 2 aliphatic heterocycles. The highest BCUT2D eigenvalue weighted by atomic mass is 16.5. The minimum atomic E-state index is 0.106. The molecule has 0 aromatic heterocycles. The highest BCUT2D eigenvalue weighted by Crippen LogP contribution is 2.32. The first kappa shape index (κ1) is 18.4. The summed E-state index contributed by atoms with van der Waals surface area (Å²) in [5.74, 6) is 0.920. The molecule has 144 valence electrons. The smallest absolute Gasteiger partial charge is 0.142 e. The number of anilines is 1. The first-order valence-corrected chi connectivity index (χ1v) is 9.75. The summed E-state index contributed by atoms with van der Waals surface area (Å²) >= 11 is 0. The van der Waals surface area contributed by atoms with E-state index in [0.29, 0.717) is 0 Å². The third kappa shape index (κ3) is 4.12. The van der Waals surface area contributed by atoms with Gasteiger partial charge >= 0.3 is 0 Å². The first-order valence-electron chi connectivity index (χ1n) is 9.75. The maximum atomic E-state index is 5.50. The van der Waals surface area contributed by atoms with Crippen LogP contribution in [-0.4, -0.2) is 39.4 Å². The van der Waals surface area contributed by atoms with Crippen molar-refractivity contribution >= 4 is 17.3 Å². The van der Waals surface area contributed by atoms with E-state index in [2.05, 4.69) is 64.8 Å². The summed E-state index contributed by atoms with van der Waals surface area (Å²) < 4.78 is 10.6. The fourth-order valence-corrected chi connectivity index (χ4v) is 3.65. The molecule has 3 aliphatic rings. The third-order valence-corrected chi connectivity index (χ3v) is 5.16. The molecular formula is C24H26N2O2. The van der Waals surface area contributed by atoms with E-state index in [1.54, 1.807) is 13.4 Å². The third-order valence-electron chi connectivity index (χ3n) is 5.16. The van der Waals surface area contributed by atoms with Crippen molar-refractivity contribution in [3.05, 3.63) is 84.1 Å². The summed E-state index contributed by atoms with van der Waals surface area (Å²) in [5, 5.41) is 3.34. The van der Waals surface area contributed by atoms with Crippen molar-refractivity contribution in [3.8, 4) is 5.75 Å². The molecule has 0 saturated carbocycles. The van der Waals surface area contributed by atoms with Crippen LogP contribution < -0.4 is 15.0 Å². The van der Waals surface area contributed by atoms with Gasteiger partial charge < -0.3 is 19.7 Å². The second-order valence-corrected chi connectivity index (χ2v) is 6.89. The maximum Gasteiger partial charge on any atom is 0.142 e. The molecular weight excluding hydrogens is 348 g/mol. The lowest BCUT2D eigenvalue weighted by molar-refractivity contribution is 0.232. The Balaban J connectivity index is 0.000000137. The highest BCUT2D eigenvalue weighted by Gasteiger charge is 2.20. The van der Waals surface area contributed by atoms with Crippen molar-refractivity contribution in [3.63, 3.8) is 0 Å². The van der Waals surface area contributed by atoms with E-state index in [4.69, 9.17) is 9.47 Å². The number of benzene rings is 2. The molecule has 2 heterocycles. The average Bonchev–Trinajstić information content (AvgIpc) is 2.80. The van der Waals surface area contributed by atoms with E-state index in [-0.39, 0.29) is 6.10 Å². The second-order valence-electron chi connectivity index (χ2n) is 6.89. The highest BCUT2D eigenvalue weighted by molar-refractivity contribution is 5.83. The largest absolute Gasteiger partial charge is 0.497 e. The van der Waals surface area contributed by atoms with Crippen LogP contribution in [0.3, 0.4) is 0 Å². The molecule has 1 N–H and O–H groups in total. The summed E-state index contributed by atoms with van der Waals surface area (Å²) in [6.07, 6.45) is 10.1. The van der Waals surface area contributed by atoms with E-state index in [9.17, 15) is 0 Å². The maximum absolute atomic E-state index is 5.50. The van der Waals surface area contributed by atoms with Gasteiger partial charge in [-0.2, -0.15) is 0 Å². The van der Waals surface area contributed by atoms with Crippen LogP contribution in [0.4, 0.5) is 5.69 Å². The lowest BCUT2D eigenvalue weighted by Crippen LogP contribution is -2.43. The zero-order valence-electron chi connectivity index (χ0n) is 16.2. The molecule has 1 saturated heterocycles. The van der Waals surface area contributed by atoms with Crippen LogP contribution in [0, 0.1) is 0 Å². The Hall–Kier alpha value is -2.98. The van der Waals surface area contributed by atoms with Crippen LogP contribution in [0.15, 0.2) is 73.0 Å². The molecule has 0 bridgehead atoms. The predicted molar refractivity (Wildman–Crippen MR) is 116 cm³/mol. The Labute approximate surface area is 166 Å². The monoisotopic (exact) mass is 374 g/mol. The topological polar surface area (TPSA) is 33.7 Å². The van der Waals surface area contributed by atoms with Crippen molar-refractivity contribution in [2.45, 2.75) is 6.10 Å². The van der Waals surface area contributed by atoms with Crippen LogP contribution in [-0.2, 0) is 4.74 Å². The Morgan fingerprint density at radius 2 is 1.82 bits per heavy atom. The molecule has 1 atom stereocenters. The van der Waals surface area contributed by atoms with Crippen LogP contribution in [0.25, 0.3) is 11.6 Å². The number of nitrogens with zero attached hydrogens (tertiary/aromatic N) is 1. The molecule has 0 amide bonds. The van der Waals surface area contributed by atoms with Crippen molar-refractivity contribution in [2.24, 2.45) is 0 Å². The van der Waals surface area contributed by atoms with Crippen molar-refractivity contribution < 1.29 is 9.47 Å². The Bertz CT molecular complexity index is 878. The fourth-order valence-electron chi connectivity index (χ4n) is 3.65. The van der Waals surface area contributed by atoms with Gasteiger partial charge in [-0.3, -0.25) is 0 Å². The van der Waals surface area contributed by atoms with Gasteiger partial charge in [0.1, 0.15) is 11.9 Å². The van der Waals surface area contributed by atoms with Crippen molar-refractivity contribution in [2.75, 3.05) is 38.2 Å². The number of ether oxygens (including phenoxy) is 2. The molecule has 2 aromatic rings. The van der Waals surface area contributed by atoms with Gasteiger partial charge in [0, 0.05) is 37.4 Å². The van der Waals surface area contributed by atoms with Crippen molar-refractivity contribution in [1.82, 2.24) is 5.32 Å². The summed E-state index contributed by atoms with van der Waals surface area (Å²) in [6.45, 7) is 4.33. The summed E-state index contributed by atoms with van der Waals surface area (Å²) in [7, 11) is 1.69. The van der Waals surface area contributed by atoms with Gasteiger partial charge in [-0.15, -0.1) is 0 Å². The van der Waals surface area contributed by atoms with Gasteiger partial charge in [0.2, 0.25) is 0 Å². The van der Waals surface area contributed by atoms with Gasteiger partial charge in [-0.05, 0) is 47.5 Å². The summed E-state index contributed by atoms with van der Waals surface area (Å²) in [4.78, 5) is 2.38.